The molecule has 106 valence electrons. The smallest absolute Gasteiger partial charge is 0.253 e. The molecule has 0 aromatic rings. The van der Waals surface area contributed by atoms with Gasteiger partial charge >= 0.3 is 0 Å². The largest absolute Gasteiger partial charge is 0.394 e. The van der Waals surface area contributed by atoms with Crippen molar-refractivity contribution in [2.45, 2.75) is 37.9 Å². The predicted molar refractivity (Wildman–Crippen MR) is 65.3 cm³/mol. The molecule has 0 bridgehead atoms. The lowest BCUT2D eigenvalue weighted by Gasteiger charge is -2.38. The molecular weight excluding hydrogens is 252 g/mol. The minimum Gasteiger partial charge on any atom is -0.394 e. The molecule has 0 spiro atoms. The van der Waals surface area contributed by atoms with Crippen LogP contribution >= 0.6 is 0 Å². The van der Waals surface area contributed by atoms with Crippen molar-refractivity contribution in [3.63, 3.8) is 0 Å². The van der Waals surface area contributed by atoms with Gasteiger partial charge in [0.2, 0.25) is 0 Å². The van der Waals surface area contributed by atoms with Gasteiger partial charge < -0.3 is 30.3 Å². The number of carbonyl (C=O) groups is 1. The number of aliphatic hydroxyl groups is 3. The van der Waals surface area contributed by atoms with Crippen LogP contribution in [0.4, 0.5) is 0 Å². The third-order valence-corrected chi connectivity index (χ3v) is 3.45. The lowest BCUT2D eigenvalue weighted by Crippen LogP contribution is -2.54. The second kappa shape index (κ2) is 4.61. The van der Waals surface area contributed by atoms with Crippen LogP contribution in [0, 0.1) is 0 Å². The molecule has 2 aliphatic rings. The third kappa shape index (κ3) is 2.14. The highest BCUT2D eigenvalue weighted by Crippen LogP contribution is 2.35. The summed E-state index contributed by atoms with van der Waals surface area (Å²) in [5.74, 6) is -0.0372. The van der Waals surface area contributed by atoms with Gasteiger partial charge in [0.25, 0.3) is 5.91 Å². The maximum atomic E-state index is 11.5. The van der Waals surface area contributed by atoms with Crippen LogP contribution in [0.2, 0.25) is 0 Å². The van der Waals surface area contributed by atoms with E-state index in [0.29, 0.717) is 5.57 Å². The number of hydrogen-bond acceptors (Lipinski definition) is 6. The average molecular weight is 270 g/mol. The fourth-order valence-electron chi connectivity index (χ4n) is 2.24. The van der Waals surface area contributed by atoms with E-state index in [2.05, 4.69) is 11.9 Å². The maximum Gasteiger partial charge on any atom is 0.253 e. The van der Waals surface area contributed by atoms with E-state index in [0.717, 1.165) is 0 Å². The van der Waals surface area contributed by atoms with Crippen LogP contribution in [-0.2, 0) is 9.53 Å². The first kappa shape index (κ1) is 14.0. The summed E-state index contributed by atoms with van der Waals surface area (Å²) < 4.78 is 5.45. The van der Waals surface area contributed by atoms with Gasteiger partial charge in [-0.1, -0.05) is 6.58 Å². The fraction of sp³-hybridized carbons (Fsp3) is 0.583. The standard InChI is InChI=1S/C12H18N2O5/c1-6-4-14(7(2)13-10(6)17)11-12(3,18)9(16)8(5-15)19-11/h4,8-9,11,15-16,18H,2,5H2,1,3H3,(H,13,17)/t8-,9?,11-,12+/m1/s1. The Morgan fingerprint density at radius 3 is 2.79 bits per heavy atom. The molecule has 19 heavy (non-hydrogen) atoms. The molecule has 1 saturated heterocycles. The van der Waals surface area contributed by atoms with Crippen molar-refractivity contribution in [1.29, 1.82) is 0 Å². The van der Waals surface area contributed by atoms with E-state index in [1.807, 2.05) is 0 Å². The number of amides is 1. The Balaban J connectivity index is 2.32. The van der Waals surface area contributed by atoms with Crippen molar-refractivity contribution in [2.24, 2.45) is 0 Å². The molecule has 7 heteroatoms. The van der Waals surface area contributed by atoms with Gasteiger partial charge in [-0.2, -0.15) is 0 Å². The monoisotopic (exact) mass is 270 g/mol. The second-order valence-electron chi connectivity index (χ2n) is 5.00. The van der Waals surface area contributed by atoms with Crippen LogP contribution in [0.25, 0.3) is 0 Å². The molecule has 2 aliphatic heterocycles. The molecule has 1 amide bonds. The number of nitrogens with zero attached hydrogens (tertiary/aromatic N) is 1. The van der Waals surface area contributed by atoms with Gasteiger partial charge in [-0.25, -0.2) is 0 Å². The first-order chi connectivity index (χ1) is 8.78. The molecule has 0 aliphatic carbocycles. The van der Waals surface area contributed by atoms with Crippen LogP contribution in [0.15, 0.2) is 24.2 Å². The van der Waals surface area contributed by atoms with Gasteiger partial charge in [-0.15, -0.1) is 0 Å². The number of hydrogen-bond donors (Lipinski definition) is 4. The lowest BCUT2D eigenvalue weighted by molar-refractivity contribution is -0.125. The Morgan fingerprint density at radius 2 is 2.26 bits per heavy atom. The van der Waals surface area contributed by atoms with Gasteiger partial charge in [0.05, 0.1) is 6.61 Å². The number of rotatable bonds is 2. The zero-order chi connectivity index (χ0) is 14.4. The zero-order valence-corrected chi connectivity index (χ0v) is 10.8. The summed E-state index contributed by atoms with van der Waals surface area (Å²) in [7, 11) is 0. The predicted octanol–water partition coefficient (Wildman–Crippen LogP) is -1.38. The summed E-state index contributed by atoms with van der Waals surface area (Å²) in [5.41, 5.74) is -1.18. The van der Waals surface area contributed by atoms with E-state index in [1.54, 1.807) is 6.92 Å². The van der Waals surface area contributed by atoms with Gasteiger partial charge in [-0.3, -0.25) is 4.79 Å². The van der Waals surface area contributed by atoms with Gasteiger partial charge in [-0.05, 0) is 13.8 Å². The van der Waals surface area contributed by atoms with Crippen molar-refractivity contribution >= 4 is 5.91 Å². The first-order valence-electron chi connectivity index (χ1n) is 5.92. The summed E-state index contributed by atoms with van der Waals surface area (Å²) >= 11 is 0. The molecule has 7 nitrogen and oxygen atoms in total. The van der Waals surface area contributed by atoms with E-state index in [9.17, 15) is 15.0 Å². The molecule has 0 aromatic heterocycles. The van der Waals surface area contributed by atoms with Crippen LogP contribution in [-0.4, -0.2) is 56.8 Å². The molecule has 1 fully saturated rings. The molecule has 4 N–H and O–H groups in total. The molecule has 1 unspecified atom stereocenters. The number of carbonyl (C=O) groups excluding carboxylic acids is 1. The molecule has 0 radical (unpaired) electrons. The summed E-state index contributed by atoms with van der Waals surface area (Å²) in [5, 5.41) is 31.9. The third-order valence-electron chi connectivity index (χ3n) is 3.45. The summed E-state index contributed by atoms with van der Waals surface area (Å²) in [6.07, 6.45) is -1.57. The zero-order valence-electron chi connectivity index (χ0n) is 10.8. The summed E-state index contributed by atoms with van der Waals surface area (Å²) in [4.78, 5) is 12.9. The van der Waals surface area contributed by atoms with Crippen molar-refractivity contribution in [1.82, 2.24) is 10.2 Å². The summed E-state index contributed by atoms with van der Waals surface area (Å²) in [6.45, 7) is 6.28. The second-order valence-corrected chi connectivity index (χ2v) is 5.00. The van der Waals surface area contributed by atoms with Crippen molar-refractivity contribution in [3.05, 3.63) is 24.2 Å². The number of ether oxygens (including phenoxy) is 1. The fourth-order valence-corrected chi connectivity index (χ4v) is 2.24. The van der Waals surface area contributed by atoms with Crippen molar-refractivity contribution in [2.75, 3.05) is 6.61 Å². The minimum absolute atomic E-state index is 0.242. The number of nitrogens with one attached hydrogen (secondary N) is 1. The van der Waals surface area contributed by atoms with Gasteiger partial charge in [0.1, 0.15) is 23.6 Å². The SMILES string of the molecule is C=C1NC(=O)C(C)=CN1[C@@H]1O[C@H](CO)C(O)[C@]1(C)O. The minimum atomic E-state index is -1.60. The molecule has 0 saturated carbocycles. The maximum absolute atomic E-state index is 11.5. The van der Waals surface area contributed by atoms with E-state index in [-0.39, 0.29) is 11.7 Å². The van der Waals surface area contributed by atoms with Crippen LogP contribution in [0.3, 0.4) is 0 Å². The quantitative estimate of drug-likeness (QED) is 0.493. The summed E-state index contributed by atoms with van der Waals surface area (Å²) in [6, 6.07) is 0. The van der Waals surface area contributed by atoms with Crippen LogP contribution in [0.1, 0.15) is 13.8 Å². The highest BCUT2D eigenvalue weighted by atomic mass is 16.6. The van der Waals surface area contributed by atoms with E-state index in [4.69, 9.17) is 9.84 Å². The lowest BCUT2D eigenvalue weighted by atomic mass is 9.96. The Hall–Kier alpha value is -1.41. The normalized spacial score (nSPS) is 39.3. The number of aliphatic hydroxyl groups excluding tert-OH is 2. The van der Waals surface area contributed by atoms with Crippen LogP contribution in [0.5, 0.6) is 0 Å². The highest BCUT2D eigenvalue weighted by molar-refractivity contribution is 5.94. The Morgan fingerprint density at radius 1 is 1.63 bits per heavy atom. The molecule has 0 aromatic carbocycles. The Labute approximate surface area is 110 Å². The highest BCUT2D eigenvalue weighted by Gasteiger charge is 2.54. The molecular formula is C12H18N2O5. The van der Waals surface area contributed by atoms with Gasteiger partial charge in [0, 0.05) is 11.8 Å². The van der Waals surface area contributed by atoms with Crippen molar-refractivity contribution < 1.29 is 24.9 Å². The van der Waals surface area contributed by atoms with E-state index >= 15 is 0 Å². The Bertz CT molecular complexity index is 445. The van der Waals surface area contributed by atoms with Crippen molar-refractivity contribution in [3.8, 4) is 0 Å². The first-order valence-corrected chi connectivity index (χ1v) is 5.92. The van der Waals surface area contributed by atoms with E-state index in [1.165, 1.54) is 18.0 Å². The van der Waals surface area contributed by atoms with E-state index < -0.39 is 30.6 Å². The average Bonchev–Trinajstić information content (AvgIpc) is 2.56. The Kier molecular flexibility index (Phi) is 3.40. The van der Waals surface area contributed by atoms with Crippen LogP contribution < -0.4 is 5.32 Å². The molecule has 4 atom stereocenters. The molecule has 2 heterocycles. The molecule has 2 rings (SSSR count). The van der Waals surface area contributed by atoms with Gasteiger partial charge in [0.15, 0.2) is 6.23 Å². The topological polar surface area (TPSA) is 102 Å².